The summed E-state index contributed by atoms with van der Waals surface area (Å²) in [6, 6.07) is 67.7. The smallest absolute Gasteiger partial charge is 0.164 e. The largest absolute Gasteiger partial charge is 0.454 e. The van der Waals surface area contributed by atoms with Crippen LogP contribution in [0.15, 0.2) is 199 Å². The first kappa shape index (κ1) is 34.1. The van der Waals surface area contributed by atoms with Crippen LogP contribution in [0.3, 0.4) is 0 Å². The standard InChI is InChI=1S/C55H34N4O/c1-3-14-34(15-4-1)53-57-54(35-16-5-2-6-17-35)59-55(58-53)41-22-12-21-40(31-41)51-52-50(46-24-9-10-27-49(46)60-52)45-29-28-37(33-48(45)56-51)36-19-11-20-38(30-36)43-25-13-26-44-42-23-8-7-18-39(42)32-47(43)44/h1-31,33H,32H2. The molecule has 3 aromatic heterocycles. The molecule has 3 heterocycles. The lowest BCUT2D eigenvalue weighted by molar-refractivity contribution is 0.669. The predicted molar refractivity (Wildman–Crippen MR) is 243 cm³/mol. The summed E-state index contributed by atoms with van der Waals surface area (Å²) in [5.41, 5.74) is 17.0. The summed E-state index contributed by atoms with van der Waals surface area (Å²) in [6.45, 7) is 0. The van der Waals surface area contributed by atoms with Crippen molar-refractivity contribution in [2.24, 2.45) is 0 Å². The Morgan fingerprint density at radius 1 is 0.367 bits per heavy atom. The molecule has 12 rings (SSSR count). The lowest BCUT2D eigenvalue weighted by Crippen LogP contribution is -2.00. The van der Waals surface area contributed by atoms with E-state index in [2.05, 4.69) is 109 Å². The minimum atomic E-state index is 0.585. The molecule has 0 spiro atoms. The third-order valence-corrected chi connectivity index (χ3v) is 11.8. The number of fused-ring (bicyclic) bond motifs is 8. The van der Waals surface area contributed by atoms with Gasteiger partial charge in [0.1, 0.15) is 11.3 Å². The van der Waals surface area contributed by atoms with Gasteiger partial charge in [-0.25, -0.2) is 19.9 Å². The molecule has 0 unspecified atom stereocenters. The van der Waals surface area contributed by atoms with Gasteiger partial charge in [0, 0.05) is 38.4 Å². The fourth-order valence-electron chi connectivity index (χ4n) is 8.90. The van der Waals surface area contributed by atoms with Gasteiger partial charge < -0.3 is 4.42 Å². The van der Waals surface area contributed by atoms with Gasteiger partial charge >= 0.3 is 0 Å². The average molecular weight is 767 g/mol. The van der Waals surface area contributed by atoms with Gasteiger partial charge in [-0.05, 0) is 75.2 Å². The van der Waals surface area contributed by atoms with Gasteiger partial charge in [0.2, 0.25) is 0 Å². The number of pyridine rings is 1. The van der Waals surface area contributed by atoms with Crippen molar-refractivity contribution in [3.05, 3.63) is 205 Å². The Bertz CT molecular complexity index is 3410. The summed E-state index contributed by atoms with van der Waals surface area (Å²) in [5.74, 6) is 1.82. The number of furan rings is 1. The lowest BCUT2D eigenvalue weighted by Gasteiger charge is -2.12. The summed E-state index contributed by atoms with van der Waals surface area (Å²) in [5, 5.41) is 3.16. The highest BCUT2D eigenvalue weighted by Gasteiger charge is 2.22. The van der Waals surface area contributed by atoms with Crippen molar-refractivity contribution in [2.45, 2.75) is 6.42 Å². The van der Waals surface area contributed by atoms with Crippen LogP contribution in [-0.4, -0.2) is 19.9 Å². The van der Waals surface area contributed by atoms with Gasteiger partial charge in [-0.3, -0.25) is 0 Å². The number of para-hydroxylation sites is 1. The van der Waals surface area contributed by atoms with E-state index in [0.29, 0.717) is 17.5 Å². The van der Waals surface area contributed by atoms with Gasteiger partial charge in [-0.15, -0.1) is 0 Å². The molecule has 0 bridgehead atoms. The van der Waals surface area contributed by atoms with Crippen LogP contribution in [0.25, 0.3) is 112 Å². The number of aromatic nitrogens is 4. The zero-order valence-corrected chi connectivity index (χ0v) is 32.4. The van der Waals surface area contributed by atoms with Crippen molar-refractivity contribution in [1.29, 1.82) is 0 Å². The zero-order valence-electron chi connectivity index (χ0n) is 32.4. The monoisotopic (exact) mass is 766 g/mol. The first-order valence-corrected chi connectivity index (χ1v) is 20.3. The lowest BCUT2D eigenvalue weighted by atomic mass is 9.93. The average Bonchev–Trinajstić information content (AvgIpc) is 3.91. The van der Waals surface area contributed by atoms with Crippen molar-refractivity contribution in [3.63, 3.8) is 0 Å². The second-order valence-corrected chi connectivity index (χ2v) is 15.4. The van der Waals surface area contributed by atoms with Crippen LogP contribution in [0.2, 0.25) is 0 Å². The van der Waals surface area contributed by atoms with E-state index in [9.17, 15) is 0 Å². The molecule has 0 N–H and O–H groups in total. The van der Waals surface area contributed by atoms with Crippen molar-refractivity contribution in [3.8, 4) is 78.8 Å². The van der Waals surface area contributed by atoms with Crippen molar-refractivity contribution in [1.82, 2.24) is 19.9 Å². The number of rotatable bonds is 6. The molecule has 0 aliphatic heterocycles. The Balaban J connectivity index is 1.00. The Kier molecular flexibility index (Phi) is 7.85. The number of benzene rings is 8. The van der Waals surface area contributed by atoms with Crippen molar-refractivity contribution in [2.75, 3.05) is 0 Å². The molecule has 5 nitrogen and oxygen atoms in total. The number of nitrogens with zero attached hydrogens (tertiary/aromatic N) is 4. The van der Waals surface area contributed by atoms with Crippen LogP contribution in [0, 0.1) is 0 Å². The van der Waals surface area contributed by atoms with E-state index in [4.69, 9.17) is 24.4 Å². The minimum absolute atomic E-state index is 0.585. The van der Waals surface area contributed by atoms with E-state index >= 15 is 0 Å². The van der Waals surface area contributed by atoms with E-state index in [1.165, 1.54) is 33.4 Å². The molecular weight excluding hydrogens is 733 g/mol. The van der Waals surface area contributed by atoms with E-state index in [1.807, 2.05) is 84.9 Å². The molecule has 0 saturated heterocycles. The summed E-state index contributed by atoms with van der Waals surface area (Å²) in [7, 11) is 0. The first-order chi connectivity index (χ1) is 29.7. The molecule has 0 atom stereocenters. The van der Waals surface area contributed by atoms with Crippen LogP contribution >= 0.6 is 0 Å². The molecule has 1 aliphatic carbocycles. The van der Waals surface area contributed by atoms with E-state index < -0.39 is 0 Å². The summed E-state index contributed by atoms with van der Waals surface area (Å²) >= 11 is 0. The van der Waals surface area contributed by atoms with Gasteiger partial charge in [-0.2, -0.15) is 0 Å². The minimum Gasteiger partial charge on any atom is -0.454 e. The van der Waals surface area contributed by atoms with Crippen molar-refractivity contribution >= 4 is 32.8 Å². The molecule has 1 aliphatic rings. The van der Waals surface area contributed by atoms with Gasteiger partial charge in [-0.1, -0.05) is 170 Å². The second-order valence-electron chi connectivity index (χ2n) is 15.4. The third-order valence-electron chi connectivity index (χ3n) is 11.8. The summed E-state index contributed by atoms with van der Waals surface area (Å²) in [6.07, 6.45) is 0.945. The maximum Gasteiger partial charge on any atom is 0.164 e. The van der Waals surface area contributed by atoms with Crippen LogP contribution < -0.4 is 0 Å². The topological polar surface area (TPSA) is 64.7 Å². The first-order valence-electron chi connectivity index (χ1n) is 20.3. The maximum absolute atomic E-state index is 6.68. The molecule has 0 fully saturated rings. The van der Waals surface area contributed by atoms with E-state index in [-0.39, 0.29) is 0 Å². The van der Waals surface area contributed by atoms with Crippen molar-refractivity contribution < 1.29 is 4.42 Å². The van der Waals surface area contributed by atoms with Gasteiger partial charge in [0.05, 0.1) is 5.52 Å². The quantitative estimate of drug-likeness (QED) is 0.169. The number of hydrogen-bond donors (Lipinski definition) is 0. The van der Waals surface area contributed by atoms with Gasteiger partial charge in [0.25, 0.3) is 0 Å². The molecule has 280 valence electrons. The highest BCUT2D eigenvalue weighted by atomic mass is 16.3. The van der Waals surface area contributed by atoms with Crippen LogP contribution in [0.4, 0.5) is 0 Å². The van der Waals surface area contributed by atoms with Crippen LogP contribution in [0.1, 0.15) is 11.1 Å². The molecule has 60 heavy (non-hydrogen) atoms. The summed E-state index contributed by atoms with van der Waals surface area (Å²) in [4.78, 5) is 20.4. The van der Waals surface area contributed by atoms with Gasteiger partial charge in [0.15, 0.2) is 23.1 Å². The second kappa shape index (κ2) is 13.8. The fourth-order valence-corrected chi connectivity index (χ4v) is 8.90. The molecule has 0 saturated carbocycles. The molecule has 0 radical (unpaired) electrons. The SMILES string of the molecule is c1ccc(-c2nc(-c3ccccc3)nc(-c3cccc(-c4nc5cc(-c6cccc(-c7cccc8c7Cc7ccccc7-8)c6)ccc5c5c4oc4ccccc45)c3)n2)cc1. The summed E-state index contributed by atoms with van der Waals surface area (Å²) < 4.78 is 6.68. The van der Waals surface area contributed by atoms with E-state index in [0.717, 1.165) is 78.3 Å². The maximum atomic E-state index is 6.68. The molecule has 0 amide bonds. The fraction of sp³-hybridized carbons (Fsp3) is 0.0182. The Morgan fingerprint density at radius 3 is 1.73 bits per heavy atom. The molecular formula is C55H34N4O. The number of hydrogen-bond acceptors (Lipinski definition) is 5. The Hall–Kier alpha value is -8.02. The molecule has 8 aromatic carbocycles. The van der Waals surface area contributed by atoms with E-state index in [1.54, 1.807) is 0 Å². The van der Waals surface area contributed by atoms with Crippen LogP contribution in [0.5, 0.6) is 0 Å². The highest BCUT2D eigenvalue weighted by Crippen LogP contribution is 2.44. The third kappa shape index (κ3) is 5.70. The zero-order chi connectivity index (χ0) is 39.6. The Labute approximate surface area is 346 Å². The van der Waals surface area contributed by atoms with Crippen LogP contribution in [-0.2, 0) is 6.42 Å². The Morgan fingerprint density at radius 2 is 0.933 bits per heavy atom. The molecule has 11 aromatic rings. The normalized spacial score (nSPS) is 11.9. The predicted octanol–water partition coefficient (Wildman–Crippen LogP) is 13.9. The highest BCUT2D eigenvalue weighted by molar-refractivity contribution is 6.21. The molecule has 5 heteroatoms.